The summed E-state index contributed by atoms with van der Waals surface area (Å²) in [6, 6.07) is 10.9. The Kier molecular flexibility index (Phi) is 3.37. The molecule has 0 saturated heterocycles. The maximum Gasteiger partial charge on any atom is 0.214 e. The fourth-order valence-corrected chi connectivity index (χ4v) is 4.36. The molecule has 0 atom stereocenters. The van der Waals surface area contributed by atoms with Crippen LogP contribution in [0.1, 0.15) is 36.9 Å². The first-order valence-electron chi connectivity index (χ1n) is 7.87. The summed E-state index contributed by atoms with van der Waals surface area (Å²) in [6.45, 7) is 2.95. The maximum absolute atomic E-state index is 4.58. The van der Waals surface area contributed by atoms with Crippen molar-refractivity contribution in [1.82, 2.24) is 14.6 Å². The highest BCUT2D eigenvalue weighted by Gasteiger charge is 2.35. The minimum atomic E-state index is 0.255. The number of anilines is 1. The van der Waals surface area contributed by atoms with Crippen LogP contribution in [0.15, 0.2) is 36.5 Å². The zero-order chi connectivity index (χ0) is 15.0. The van der Waals surface area contributed by atoms with Crippen LogP contribution in [0.5, 0.6) is 0 Å². The summed E-state index contributed by atoms with van der Waals surface area (Å²) in [5, 5.41) is 9.11. The molecular weight excluding hydrogens is 292 g/mol. The Labute approximate surface area is 134 Å². The topological polar surface area (TPSA) is 42.2 Å². The standard InChI is InChI=1S/C17H20N4S/c1-13-11-21-16(19-13)22-15(20-21)18-12-17(9-5-6-10-17)14-7-3-2-4-8-14/h2-4,7-8,11H,5-6,9-10,12H2,1H3,(H,18,20). The fraction of sp³-hybridized carbons (Fsp3) is 0.412. The van der Waals surface area contributed by atoms with Crippen LogP contribution in [0.3, 0.4) is 0 Å². The number of hydrogen-bond donors (Lipinski definition) is 1. The van der Waals surface area contributed by atoms with Crippen molar-refractivity contribution < 1.29 is 0 Å². The van der Waals surface area contributed by atoms with E-state index in [1.807, 2.05) is 17.6 Å². The van der Waals surface area contributed by atoms with Gasteiger partial charge in [0.2, 0.25) is 10.1 Å². The molecule has 4 nitrogen and oxygen atoms in total. The monoisotopic (exact) mass is 312 g/mol. The zero-order valence-corrected chi connectivity index (χ0v) is 13.6. The smallest absolute Gasteiger partial charge is 0.214 e. The molecule has 4 rings (SSSR count). The molecule has 1 fully saturated rings. The lowest BCUT2D eigenvalue weighted by atomic mass is 9.79. The van der Waals surface area contributed by atoms with E-state index >= 15 is 0 Å². The number of nitrogens with zero attached hydrogens (tertiary/aromatic N) is 3. The van der Waals surface area contributed by atoms with Gasteiger partial charge in [-0.3, -0.25) is 0 Å². The van der Waals surface area contributed by atoms with Gasteiger partial charge >= 0.3 is 0 Å². The van der Waals surface area contributed by atoms with Crippen LogP contribution in [0.25, 0.3) is 4.96 Å². The molecule has 114 valence electrons. The van der Waals surface area contributed by atoms with Crippen LogP contribution in [-0.2, 0) is 5.41 Å². The van der Waals surface area contributed by atoms with Gasteiger partial charge in [0.1, 0.15) is 0 Å². The van der Waals surface area contributed by atoms with Crippen LogP contribution in [0.4, 0.5) is 5.13 Å². The van der Waals surface area contributed by atoms with E-state index in [0.29, 0.717) is 0 Å². The highest BCUT2D eigenvalue weighted by Crippen LogP contribution is 2.41. The molecule has 5 heteroatoms. The van der Waals surface area contributed by atoms with Crippen molar-refractivity contribution in [3.63, 3.8) is 0 Å². The molecule has 3 aromatic rings. The van der Waals surface area contributed by atoms with Crippen molar-refractivity contribution in [3.8, 4) is 0 Å². The number of rotatable bonds is 4. The van der Waals surface area contributed by atoms with Crippen molar-refractivity contribution in [2.24, 2.45) is 0 Å². The number of nitrogens with one attached hydrogen (secondary N) is 1. The van der Waals surface area contributed by atoms with E-state index in [4.69, 9.17) is 0 Å². The van der Waals surface area contributed by atoms with Crippen molar-refractivity contribution in [1.29, 1.82) is 0 Å². The molecule has 2 aromatic heterocycles. The first-order chi connectivity index (χ1) is 10.8. The Morgan fingerprint density at radius 2 is 2.00 bits per heavy atom. The first kappa shape index (κ1) is 13.8. The molecule has 22 heavy (non-hydrogen) atoms. The summed E-state index contributed by atoms with van der Waals surface area (Å²) in [5.74, 6) is 0. The SMILES string of the molecule is Cc1cn2nc(NCC3(c4ccccc4)CCCC3)sc2n1. The maximum atomic E-state index is 4.58. The van der Waals surface area contributed by atoms with Crippen molar-refractivity contribution >= 4 is 21.4 Å². The number of aryl methyl sites for hydroxylation is 1. The quantitative estimate of drug-likeness (QED) is 0.791. The molecule has 1 saturated carbocycles. The van der Waals surface area contributed by atoms with Crippen LogP contribution in [-0.4, -0.2) is 21.1 Å². The average molecular weight is 312 g/mol. The van der Waals surface area contributed by atoms with E-state index in [2.05, 4.69) is 45.7 Å². The third-order valence-corrected chi connectivity index (χ3v) is 5.57. The fourth-order valence-electron chi connectivity index (χ4n) is 3.54. The number of aromatic nitrogens is 3. The predicted molar refractivity (Wildman–Crippen MR) is 90.7 cm³/mol. The van der Waals surface area contributed by atoms with Crippen LogP contribution < -0.4 is 5.32 Å². The minimum Gasteiger partial charge on any atom is -0.359 e. The van der Waals surface area contributed by atoms with Gasteiger partial charge in [0.15, 0.2) is 0 Å². The Hall–Kier alpha value is -1.88. The van der Waals surface area contributed by atoms with Crippen molar-refractivity contribution in [3.05, 3.63) is 47.8 Å². The Morgan fingerprint density at radius 3 is 2.73 bits per heavy atom. The van der Waals surface area contributed by atoms with Crippen LogP contribution >= 0.6 is 11.3 Å². The summed E-state index contributed by atoms with van der Waals surface area (Å²) < 4.78 is 1.87. The molecule has 0 aliphatic heterocycles. The third kappa shape index (κ3) is 2.39. The number of benzene rings is 1. The van der Waals surface area contributed by atoms with E-state index in [0.717, 1.165) is 22.3 Å². The minimum absolute atomic E-state index is 0.255. The summed E-state index contributed by atoms with van der Waals surface area (Å²) in [6.07, 6.45) is 7.12. The van der Waals surface area contributed by atoms with Crippen LogP contribution in [0, 0.1) is 6.92 Å². The number of hydrogen-bond acceptors (Lipinski definition) is 4. The molecule has 0 bridgehead atoms. The van der Waals surface area contributed by atoms with Gasteiger partial charge in [0, 0.05) is 12.0 Å². The molecule has 1 N–H and O–H groups in total. The number of imidazole rings is 1. The van der Waals surface area contributed by atoms with E-state index in [9.17, 15) is 0 Å². The first-order valence-corrected chi connectivity index (χ1v) is 8.69. The summed E-state index contributed by atoms with van der Waals surface area (Å²) in [5.41, 5.74) is 2.73. The normalized spacial score (nSPS) is 17.1. The summed E-state index contributed by atoms with van der Waals surface area (Å²) >= 11 is 1.62. The Balaban J connectivity index is 1.56. The average Bonchev–Trinajstić information content (AvgIpc) is 3.21. The van der Waals surface area contributed by atoms with Crippen molar-refractivity contribution in [2.45, 2.75) is 38.0 Å². The van der Waals surface area contributed by atoms with Gasteiger partial charge in [0.25, 0.3) is 0 Å². The van der Waals surface area contributed by atoms with Gasteiger partial charge in [0.05, 0.1) is 11.9 Å². The van der Waals surface area contributed by atoms with Gasteiger partial charge < -0.3 is 5.32 Å². The van der Waals surface area contributed by atoms with E-state index in [1.54, 1.807) is 11.3 Å². The Morgan fingerprint density at radius 1 is 1.23 bits per heavy atom. The third-order valence-electron chi connectivity index (χ3n) is 4.69. The van der Waals surface area contributed by atoms with Crippen LogP contribution in [0.2, 0.25) is 0 Å². The molecule has 1 aliphatic carbocycles. The van der Waals surface area contributed by atoms with Crippen molar-refractivity contribution in [2.75, 3.05) is 11.9 Å². The van der Waals surface area contributed by atoms with Gasteiger partial charge in [-0.2, -0.15) is 0 Å². The largest absolute Gasteiger partial charge is 0.359 e. The molecule has 0 unspecified atom stereocenters. The number of fused-ring (bicyclic) bond motifs is 1. The summed E-state index contributed by atoms with van der Waals surface area (Å²) in [4.78, 5) is 5.43. The lowest BCUT2D eigenvalue weighted by Crippen LogP contribution is -2.31. The van der Waals surface area contributed by atoms with Gasteiger partial charge in [-0.25, -0.2) is 9.50 Å². The second-order valence-corrected chi connectivity index (χ2v) is 7.18. The molecule has 2 heterocycles. The molecule has 0 spiro atoms. The predicted octanol–water partition coefficient (Wildman–Crippen LogP) is 4.02. The second-order valence-electron chi connectivity index (χ2n) is 6.22. The molecule has 0 amide bonds. The van der Waals surface area contributed by atoms with Gasteiger partial charge in [-0.15, -0.1) is 5.10 Å². The van der Waals surface area contributed by atoms with Gasteiger partial charge in [-0.05, 0) is 25.3 Å². The summed E-state index contributed by atoms with van der Waals surface area (Å²) in [7, 11) is 0. The highest BCUT2D eigenvalue weighted by atomic mass is 32.1. The van der Waals surface area contributed by atoms with E-state index < -0.39 is 0 Å². The Bertz CT molecular complexity index is 737. The second kappa shape index (κ2) is 5.39. The lowest BCUT2D eigenvalue weighted by molar-refractivity contribution is 0.466. The molecule has 1 aliphatic rings. The highest BCUT2D eigenvalue weighted by molar-refractivity contribution is 7.20. The lowest BCUT2D eigenvalue weighted by Gasteiger charge is -2.29. The molecule has 1 aromatic carbocycles. The zero-order valence-electron chi connectivity index (χ0n) is 12.7. The van der Waals surface area contributed by atoms with Gasteiger partial charge in [-0.1, -0.05) is 54.5 Å². The van der Waals surface area contributed by atoms with E-state index in [-0.39, 0.29) is 5.41 Å². The molecular formula is C17H20N4S. The van der Waals surface area contributed by atoms with E-state index in [1.165, 1.54) is 31.2 Å². The molecule has 0 radical (unpaired) electrons.